The molecule has 8 heteroatoms. The summed E-state index contributed by atoms with van der Waals surface area (Å²) in [5, 5.41) is 6.94. The summed E-state index contributed by atoms with van der Waals surface area (Å²) in [5.41, 5.74) is 6.61. The maximum atomic E-state index is 11.0. The quantitative estimate of drug-likeness (QED) is 0.264. The van der Waals surface area contributed by atoms with Crippen molar-refractivity contribution in [2.24, 2.45) is 10.7 Å². The summed E-state index contributed by atoms with van der Waals surface area (Å²) in [5.74, 6) is 0.599. The van der Waals surface area contributed by atoms with E-state index in [0.29, 0.717) is 18.6 Å². The SMILES string of the molecule is CN=C(NCCC(C)N(C)Cc1ccccc1)NC1CCN(CC(N)=O)CC1.I. The molecule has 1 saturated heterocycles. The third-order valence-electron chi connectivity index (χ3n) is 5.41. The first kappa shape index (κ1) is 25.6. The number of nitrogens with two attached hydrogens (primary N) is 1. The van der Waals surface area contributed by atoms with Gasteiger partial charge in [0.05, 0.1) is 6.54 Å². The molecule has 1 heterocycles. The van der Waals surface area contributed by atoms with Gasteiger partial charge >= 0.3 is 0 Å². The minimum atomic E-state index is -0.254. The first-order chi connectivity index (χ1) is 13.5. The molecule has 7 nitrogen and oxygen atoms in total. The Morgan fingerprint density at radius 1 is 1.31 bits per heavy atom. The molecule has 1 aromatic carbocycles. The number of nitrogens with one attached hydrogen (secondary N) is 2. The first-order valence-electron chi connectivity index (χ1n) is 10.2. The highest BCUT2D eigenvalue weighted by atomic mass is 127. The van der Waals surface area contributed by atoms with Crippen LogP contribution in [0.1, 0.15) is 31.7 Å². The van der Waals surface area contributed by atoms with Crippen LogP contribution in [0.15, 0.2) is 35.3 Å². The Balaban J connectivity index is 0.00000420. The molecule has 1 aliphatic rings. The zero-order valence-corrected chi connectivity index (χ0v) is 20.3. The van der Waals surface area contributed by atoms with Gasteiger partial charge in [0.25, 0.3) is 0 Å². The van der Waals surface area contributed by atoms with E-state index in [1.54, 1.807) is 0 Å². The number of guanidine groups is 1. The Kier molecular flexibility index (Phi) is 12.2. The second kappa shape index (κ2) is 13.8. The fourth-order valence-corrected chi connectivity index (χ4v) is 3.49. The van der Waals surface area contributed by atoms with Crippen molar-refractivity contribution in [3.05, 3.63) is 35.9 Å². The fourth-order valence-electron chi connectivity index (χ4n) is 3.49. The molecule has 2 rings (SSSR count). The Morgan fingerprint density at radius 2 is 1.97 bits per heavy atom. The van der Waals surface area contributed by atoms with E-state index in [-0.39, 0.29) is 29.9 Å². The topological polar surface area (TPSA) is 86.0 Å². The summed E-state index contributed by atoms with van der Waals surface area (Å²) in [7, 11) is 3.98. The molecule has 164 valence electrons. The van der Waals surface area contributed by atoms with Crippen LogP contribution in [-0.2, 0) is 11.3 Å². The minimum absolute atomic E-state index is 0. The summed E-state index contributed by atoms with van der Waals surface area (Å²) in [6, 6.07) is 11.4. The number of carbonyl (C=O) groups is 1. The third kappa shape index (κ3) is 9.77. The zero-order chi connectivity index (χ0) is 20.4. The summed E-state index contributed by atoms with van der Waals surface area (Å²) in [6.45, 7) is 6.22. The standard InChI is InChI=1S/C21H36N6O.HI/c1-17(26(3)15-18-7-5-4-6-8-18)9-12-24-21(23-2)25-19-10-13-27(14-11-19)16-20(22)28;/h4-8,17,19H,9-16H2,1-3H3,(H2,22,28)(H2,23,24,25);1H. The molecule has 0 spiro atoms. The number of likely N-dealkylation sites (tertiary alicyclic amines) is 1. The van der Waals surface area contributed by atoms with Crippen molar-refractivity contribution < 1.29 is 4.79 Å². The van der Waals surface area contributed by atoms with E-state index >= 15 is 0 Å². The van der Waals surface area contributed by atoms with E-state index in [2.05, 4.69) is 69.7 Å². The molecule has 4 N–H and O–H groups in total. The molecule has 0 radical (unpaired) electrons. The Morgan fingerprint density at radius 3 is 2.55 bits per heavy atom. The van der Waals surface area contributed by atoms with Crippen LogP contribution in [0.5, 0.6) is 0 Å². The summed E-state index contributed by atoms with van der Waals surface area (Å²) in [4.78, 5) is 19.9. The second-order valence-electron chi connectivity index (χ2n) is 7.70. The molecular weight excluding hydrogens is 479 g/mol. The lowest BCUT2D eigenvalue weighted by Gasteiger charge is -2.32. The number of aliphatic imine (C=N–C) groups is 1. The number of nitrogens with zero attached hydrogens (tertiary/aromatic N) is 3. The van der Waals surface area contributed by atoms with Crippen molar-refractivity contribution in [3.63, 3.8) is 0 Å². The zero-order valence-electron chi connectivity index (χ0n) is 17.9. The van der Waals surface area contributed by atoms with Crippen LogP contribution < -0.4 is 16.4 Å². The number of hydrogen-bond donors (Lipinski definition) is 3. The van der Waals surface area contributed by atoms with Gasteiger partial charge in [0.2, 0.25) is 5.91 Å². The van der Waals surface area contributed by atoms with Crippen LogP contribution in [0.25, 0.3) is 0 Å². The molecule has 1 amide bonds. The van der Waals surface area contributed by atoms with Crippen LogP contribution >= 0.6 is 24.0 Å². The van der Waals surface area contributed by atoms with Crippen LogP contribution in [0.2, 0.25) is 0 Å². The molecule has 1 aromatic rings. The van der Waals surface area contributed by atoms with Gasteiger partial charge in [-0.15, -0.1) is 24.0 Å². The number of halogens is 1. The van der Waals surface area contributed by atoms with Crippen LogP contribution in [0.4, 0.5) is 0 Å². The molecule has 0 saturated carbocycles. The van der Waals surface area contributed by atoms with Gasteiger partial charge in [-0.3, -0.25) is 19.6 Å². The van der Waals surface area contributed by atoms with Crippen molar-refractivity contribution in [2.45, 2.75) is 44.8 Å². The number of piperidine rings is 1. The van der Waals surface area contributed by atoms with Crippen molar-refractivity contribution in [1.29, 1.82) is 0 Å². The molecule has 0 bridgehead atoms. The lowest BCUT2D eigenvalue weighted by atomic mass is 10.1. The smallest absolute Gasteiger partial charge is 0.231 e. The highest BCUT2D eigenvalue weighted by Gasteiger charge is 2.20. The normalized spacial score (nSPS) is 16.9. The van der Waals surface area contributed by atoms with Crippen LogP contribution in [-0.4, -0.2) is 74.0 Å². The molecule has 1 unspecified atom stereocenters. The van der Waals surface area contributed by atoms with Gasteiger partial charge in [0.1, 0.15) is 0 Å². The maximum Gasteiger partial charge on any atom is 0.231 e. The van der Waals surface area contributed by atoms with Gasteiger partial charge in [-0.05, 0) is 38.8 Å². The number of primary amides is 1. The minimum Gasteiger partial charge on any atom is -0.369 e. The van der Waals surface area contributed by atoms with Gasteiger partial charge in [0.15, 0.2) is 5.96 Å². The lowest BCUT2D eigenvalue weighted by Crippen LogP contribution is -2.50. The second-order valence-corrected chi connectivity index (χ2v) is 7.70. The summed E-state index contributed by atoms with van der Waals surface area (Å²) >= 11 is 0. The Bertz CT molecular complexity index is 619. The van der Waals surface area contributed by atoms with E-state index in [9.17, 15) is 4.79 Å². The van der Waals surface area contributed by atoms with Crippen LogP contribution in [0.3, 0.4) is 0 Å². The highest BCUT2D eigenvalue weighted by molar-refractivity contribution is 14.0. The average Bonchev–Trinajstić information content (AvgIpc) is 2.68. The van der Waals surface area contributed by atoms with Crippen molar-refractivity contribution in [3.8, 4) is 0 Å². The number of carbonyl (C=O) groups excluding carboxylic acids is 1. The molecule has 1 fully saturated rings. The number of benzene rings is 1. The highest BCUT2D eigenvalue weighted by Crippen LogP contribution is 2.10. The van der Waals surface area contributed by atoms with Gasteiger partial charge in [-0.1, -0.05) is 30.3 Å². The molecule has 0 aromatic heterocycles. The first-order valence-corrected chi connectivity index (χ1v) is 10.2. The lowest BCUT2D eigenvalue weighted by molar-refractivity contribution is -0.119. The molecule has 29 heavy (non-hydrogen) atoms. The maximum absolute atomic E-state index is 11.0. The average molecular weight is 516 g/mol. The Hall–Kier alpha value is -1.39. The monoisotopic (exact) mass is 516 g/mol. The summed E-state index contributed by atoms with van der Waals surface area (Å²) in [6.07, 6.45) is 3.02. The number of rotatable bonds is 9. The third-order valence-corrected chi connectivity index (χ3v) is 5.41. The van der Waals surface area contributed by atoms with E-state index in [0.717, 1.165) is 51.4 Å². The van der Waals surface area contributed by atoms with Gasteiger partial charge in [0, 0.05) is 45.3 Å². The van der Waals surface area contributed by atoms with E-state index in [4.69, 9.17) is 5.73 Å². The predicted molar refractivity (Wildman–Crippen MR) is 131 cm³/mol. The fraction of sp³-hybridized carbons (Fsp3) is 0.619. The molecular formula is C21H37IN6O. The largest absolute Gasteiger partial charge is 0.369 e. The molecule has 1 aliphatic heterocycles. The number of amides is 1. The van der Waals surface area contributed by atoms with Crippen molar-refractivity contribution in [1.82, 2.24) is 20.4 Å². The molecule has 1 atom stereocenters. The number of hydrogen-bond acceptors (Lipinski definition) is 4. The van der Waals surface area contributed by atoms with Crippen LogP contribution in [0, 0.1) is 0 Å². The van der Waals surface area contributed by atoms with E-state index < -0.39 is 0 Å². The summed E-state index contributed by atoms with van der Waals surface area (Å²) < 4.78 is 0. The van der Waals surface area contributed by atoms with Crippen molar-refractivity contribution in [2.75, 3.05) is 40.3 Å². The van der Waals surface area contributed by atoms with Crippen molar-refractivity contribution >= 4 is 35.8 Å². The van der Waals surface area contributed by atoms with E-state index in [1.165, 1.54) is 5.56 Å². The molecule has 0 aliphatic carbocycles. The Labute approximate surface area is 192 Å². The van der Waals surface area contributed by atoms with Gasteiger partial charge < -0.3 is 16.4 Å². The van der Waals surface area contributed by atoms with E-state index in [1.807, 2.05) is 7.05 Å². The predicted octanol–water partition coefficient (Wildman–Crippen LogP) is 1.63. The van der Waals surface area contributed by atoms with Gasteiger partial charge in [-0.25, -0.2) is 0 Å². The van der Waals surface area contributed by atoms with Gasteiger partial charge in [-0.2, -0.15) is 0 Å².